The van der Waals surface area contributed by atoms with Crippen molar-refractivity contribution >= 4 is 23.0 Å². The number of imidazole rings is 2. The van der Waals surface area contributed by atoms with E-state index in [-0.39, 0.29) is 18.2 Å². The van der Waals surface area contributed by atoms with Crippen molar-refractivity contribution in [1.82, 2.24) is 44.4 Å². The summed E-state index contributed by atoms with van der Waals surface area (Å²) < 4.78 is 15.3. The van der Waals surface area contributed by atoms with Crippen LogP contribution in [0.25, 0.3) is 22.6 Å². The van der Waals surface area contributed by atoms with E-state index in [1.54, 1.807) is 33.9 Å². The number of carbonyl (C=O) groups is 2. The van der Waals surface area contributed by atoms with Crippen molar-refractivity contribution in [2.45, 2.75) is 51.5 Å². The first-order chi connectivity index (χ1) is 25.0. The molecule has 7 aromatic rings. The average Bonchev–Trinajstić information content (AvgIpc) is 3.98. The first kappa shape index (κ1) is 32.3. The van der Waals surface area contributed by atoms with E-state index in [9.17, 15) is 9.59 Å². The molecule has 51 heavy (non-hydrogen) atoms. The molecule has 258 valence electrons. The van der Waals surface area contributed by atoms with Gasteiger partial charge in [0.25, 0.3) is 5.91 Å². The topological polar surface area (TPSA) is 158 Å². The van der Waals surface area contributed by atoms with Crippen LogP contribution in [0.5, 0.6) is 0 Å². The lowest BCUT2D eigenvalue weighted by atomic mass is 9.81. The number of pyridine rings is 1. The van der Waals surface area contributed by atoms with Crippen molar-refractivity contribution in [2.24, 2.45) is 5.92 Å². The van der Waals surface area contributed by atoms with Crippen molar-refractivity contribution in [3.63, 3.8) is 0 Å². The van der Waals surface area contributed by atoms with E-state index in [2.05, 4.69) is 36.6 Å². The molecule has 0 aliphatic heterocycles. The molecule has 0 spiro atoms. The summed E-state index contributed by atoms with van der Waals surface area (Å²) >= 11 is 0. The molecule has 2 N–H and O–H groups in total. The molecule has 13 nitrogen and oxygen atoms in total. The monoisotopic (exact) mass is 683 g/mol. The number of aryl methyl sites for hydroxylation is 1. The lowest BCUT2D eigenvalue weighted by Crippen LogP contribution is -2.31. The Kier molecular flexibility index (Phi) is 8.93. The molecule has 0 bridgehead atoms. The van der Waals surface area contributed by atoms with Gasteiger partial charge in [-0.2, -0.15) is 0 Å². The van der Waals surface area contributed by atoms with E-state index in [0.29, 0.717) is 59.8 Å². The standard InChI is InChI=1S/C38H37N9O4/c1-24-12-14-46-22-42-34(36(46)44-24)31(48)21-39-20-29-9-8-27(19-40-29)33-11-10-30(51-33)17-28-13-15-47-23-43-35(37(47)45-28)38(49)41-18-25-4-6-26(7-5-25)32-3-2-16-50-32/h2-3,8-16,19,22-23,25-26,39H,4-7,17-18,20-21H2,1H3,(H,41,49). The Balaban J connectivity index is 0.841. The molecule has 7 heterocycles. The second-order valence-corrected chi connectivity index (χ2v) is 13.1. The molecule has 8 rings (SSSR count). The summed E-state index contributed by atoms with van der Waals surface area (Å²) in [5.74, 6) is 3.03. The van der Waals surface area contributed by atoms with Gasteiger partial charge < -0.3 is 19.5 Å². The number of nitrogens with one attached hydrogen (secondary N) is 2. The Bertz CT molecular complexity index is 2300. The molecule has 0 atom stereocenters. The molecule has 1 fully saturated rings. The minimum Gasteiger partial charge on any atom is -0.469 e. The maximum atomic E-state index is 13.2. The number of carbonyl (C=O) groups excluding carboxylic acids is 2. The van der Waals surface area contributed by atoms with Crippen molar-refractivity contribution in [2.75, 3.05) is 13.1 Å². The number of amides is 1. The summed E-state index contributed by atoms with van der Waals surface area (Å²) in [6, 6.07) is 15.4. The second-order valence-electron chi connectivity index (χ2n) is 13.1. The van der Waals surface area contributed by atoms with Crippen LogP contribution in [0.3, 0.4) is 0 Å². The normalized spacial score (nSPS) is 16.2. The van der Waals surface area contributed by atoms with Crippen LogP contribution >= 0.6 is 0 Å². The number of ketones is 1. The van der Waals surface area contributed by atoms with Gasteiger partial charge in [0, 0.05) is 55.3 Å². The molecular weight excluding hydrogens is 646 g/mol. The number of nitrogens with zero attached hydrogens (tertiary/aromatic N) is 7. The molecule has 1 aliphatic carbocycles. The number of hydrogen-bond donors (Lipinski definition) is 2. The largest absolute Gasteiger partial charge is 0.469 e. The van der Waals surface area contributed by atoms with E-state index in [0.717, 1.165) is 59.8 Å². The molecular formula is C38H37N9O4. The van der Waals surface area contributed by atoms with Gasteiger partial charge in [0.05, 0.1) is 24.2 Å². The van der Waals surface area contributed by atoms with Crippen molar-refractivity contribution in [3.8, 4) is 11.3 Å². The zero-order valence-electron chi connectivity index (χ0n) is 28.2. The number of Topliss-reactive ketones (excluding diaryl/α,β-unsaturated/α-hetero) is 1. The fraction of sp³-hybridized carbons (Fsp3) is 0.289. The summed E-state index contributed by atoms with van der Waals surface area (Å²) in [5, 5.41) is 6.25. The smallest absolute Gasteiger partial charge is 0.273 e. The van der Waals surface area contributed by atoms with Crippen LogP contribution in [0, 0.1) is 12.8 Å². The molecule has 0 saturated heterocycles. The third-order valence-electron chi connectivity index (χ3n) is 9.51. The van der Waals surface area contributed by atoms with Crippen molar-refractivity contribution < 1.29 is 18.4 Å². The van der Waals surface area contributed by atoms with Gasteiger partial charge >= 0.3 is 0 Å². The third-order valence-corrected chi connectivity index (χ3v) is 9.51. The molecule has 1 amide bonds. The van der Waals surface area contributed by atoms with Gasteiger partial charge in [0.15, 0.2) is 28.5 Å². The number of hydrogen-bond acceptors (Lipinski definition) is 10. The summed E-state index contributed by atoms with van der Waals surface area (Å²) in [6.07, 6.45) is 15.1. The van der Waals surface area contributed by atoms with Gasteiger partial charge in [-0.25, -0.2) is 19.9 Å². The van der Waals surface area contributed by atoms with E-state index < -0.39 is 0 Å². The first-order valence-electron chi connectivity index (χ1n) is 17.2. The van der Waals surface area contributed by atoms with Crippen molar-refractivity contribution in [3.05, 3.63) is 126 Å². The SMILES string of the molecule is Cc1ccn2cnc(C(=O)CNCc3ccc(-c4ccc(Cc5ccn6cnc(C(=O)NCC7CCC(c8ccco8)CC7)c6n5)o4)cn3)c2n1. The zero-order chi connectivity index (χ0) is 34.7. The predicted octanol–water partition coefficient (Wildman–Crippen LogP) is 5.60. The fourth-order valence-electron chi connectivity index (χ4n) is 6.70. The van der Waals surface area contributed by atoms with E-state index >= 15 is 0 Å². The summed E-state index contributed by atoms with van der Waals surface area (Å²) in [6.45, 7) is 3.04. The molecule has 7 aromatic heterocycles. The van der Waals surface area contributed by atoms with Crippen LogP contribution in [-0.4, -0.2) is 58.5 Å². The van der Waals surface area contributed by atoms with Crippen LogP contribution in [-0.2, 0) is 13.0 Å². The Morgan fingerprint density at radius 3 is 2.45 bits per heavy atom. The predicted molar refractivity (Wildman–Crippen MR) is 187 cm³/mol. The molecule has 0 unspecified atom stereocenters. The van der Waals surface area contributed by atoms with E-state index in [1.165, 1.54) is 0 Å². The van der Waals surface area contributed by atoms with Gasteiger partial charge in [0.1, 0.15) is 29.9 Å². The van der Waals surface area contributed by atoms with Crippen LogP contribution < -0.4 is 10.6 Å². The minimum absolute atomic E-state index is 0.118. The zero-order valence-corrected chi connectivity index (χ0v) is 28.2. The Labute approximate surface area is 293 Å². The third kappa shape index (κ3) is 7.06. The first-order valence-corrected chi connectivity index (χ1v) is 17.2. The highest BCUT2D eigenvalue weighted by Crippen LogP contribution is 2.35. The quantitative estimate of drug-likeness (QED) is 0.156. The van der Waals surface area contributed by atoms with Crippen LogP contribution in [0.15, 0.2) is 94.9 Å². The summed E-state index contributed by atoms with van der Waals surface area (Å²) in [7, 11) is 0. The maximum Gasteiger partial charge on any atom is 0.273 e. The molecule has 13 heteroatoms. The van der Waals surface area contributed by atoms with Gasteiger partial charge in [-0.15, -0.1) is 0 Å². The Hall–Kier alpha value is -5.95. The fourth-order valence-corrected chi connectivity index (χ4v) is 6.70. The number of fused-ring (bicyclic) bond motifs is 2. The van der Waals surface area contributed by atoms with Crippen LogP contribution in [0.2, 0.25) is 0 Å². The van der Waals surface area contributed by atoms with Crippen LogP contribution in [0.1, 0.15) is 81.2 Å². The molecule has 1 aliphatic rings. The average molecular weight is 684 g/mol. The highest BCUT2D eigenvalue weighted by atomic mass is 16.3. The van der Waals surface area contributed by atoms with Gasteiger partial charge in [-0.1, -0.05) is 0 Å². The maximum absolute atomic E-state index is 13.2. The van der Waals surface area contributed by atoms with Crippen molar-refractivity contribution in [1.29, 1.82) is 0 Å². The van der Waals surface area contributed by atoms with Gasteiger partial charge in [-0.3, -0.25) is 23.4 Å². The number of rotatable bonds is 12. The molecule has 0 aromatic carbocycles. The van der Waals surface area contributed by atoms with E-state index in [4.69, 9.17) is 13.8 Å². The minimum atomic E-state index is -0.215. The Morgan fingerprint density at radius 1 is 0.863 bits per heavy atom. The number of furan rings is 2. The van der Waals surface area contributed by atoms with Crippen LogP contribution in [0.4, 0.5) is 0 Å². The van der Waals surface area contributed by atoms with Gasteiger partial charge in [-0.05, 0) is 87.1 Å². The van der Waals surface area contributed by atoms with Gasteiger partial charge in [0.2, 0.25) is 0 Å². The Morgan fingerprint density at radius 2 is 1.67 bits per heavy atom. The summed E-state index contributed by atoms with van der Waals surface area (Å²) in [5.41, 5.74) is 4.94. The lowest BCUT2D eigenvalue weighted by molar-refractivity contribution is 0.0938. The number of aromatic nitrogens is 7. The molecule has 0 radical (unpaired) electrons. The summed E-state index contributed by atoms with van der Waals surface area (Å²) in [4.78, 5) is 48.3. The highest BCUT2D eigenvalue weighted by Gasteiger charge is 2.25. The molecule has 1 saturated carbocycles. The van der Waals surface area contributed by atoms with E-state index in [1.807, 2.05) is 61.8 Å². The lowest BCUT2D eigenvalue weighted by Gasteiger charge is -2.27. The highest BCUT2D eigenvalue weighted by molar-refractivity contribution is 6.01. The second kappa shape index (κ2) is 14.1.